The average molecular weight is 181 g/mol. The molecule has 0 radical (unpaired) electrons. The summed E-state index contributed by atoms with van der Waals surface area (Å²) in [7, 11) is 0. The van der Waals surface area contributed by atoms with Crippen LogP contribution in [0.25, 0.3) is 0 Å². The topological polar surface area (TPSA) is 39.7 Å². The van der Waals surface area contributed by atoms with E-state index in [0.29, 0.717) is 0 Å². The highest BCUT2D eigenvalue weighted by Crippen LogP contribution is 2.39. The van der Waals surface area contributed by atoms with Crippen molar-refractivity contribution in [1.82, 2.24) is 0 Å². The quantitative estimate of drug-likeness (QED) is 0.568. The molecule has 2 N–H and O–H groups in total. The van der Waals surface area contributed by atoms with Crippen LogP contribution in [0.5, 0.6) is 0 Å². The van der Waals surface area contributed by atoms with Gasteiger partial charge in [0, 0.05) is 16.2 Å². The maximum absolute atomic E-state index is 10.5. The normalized spacial score (nSPS) is 16.4. The van der Waals surface area contributed by atoms with E-state index < -0.39 is 0 Å². The Morgan fingerprint density at radius 1 is 1.42 bits per heavy atom. The van der Waals surface area contributed by atoms with Crippen LogP contribution < -0.4 is 5.48 Å². The molecule has 0 unspecified atom stereocenters. The van der Waals surface area contributed by atoms with E-state index in [1.54, 1.807) is 0 Å². The van der Waals surface area contributed by atoms with E-state index in [9.17, 15) is 5.21 Å². The van der Waals surface area contributed by atoms with Gasteiger partial charge in [-0.15, -0.1) is 11.8 Å². The Bertz CT molecular complexity index is 273. The molecule has 1 aliphatic carbocycles. The van der Waals surface area contributed by atoms with Gasteiger partial charge in [-0.25, -0.2) is 0 Å². The van der Waals surface area contributed by atoms with Crippen LogP contribution in [0.4, 0.5) is 5.69 Å². The molecule has 0 atom stereocenters. The molecular formula is C9H11NOS. The fraction of sp³-hybridized carbons (Fsp3) is 0.333. The van der Waals surface area contributed by atoms with Crippen LogP contribution in [0.2, 0.25) is 0 Å². The van der Waals surface area contributed by atoms with E-state index in [0.717, 1.165) is 16.4 Å². The fourth-order valence-electron chi connectivity index (χ4n) is 1.04. The van der Waals surface area contributed by atoms with Gasteiger partial charge in [-0.05, 0) is 25.0 Å². The van der Waals surface area contributed by atoms with Gasteiger partial charge in [-0.1, -0.05) is 6.07 Å². The molecule has 12 heavy (non-hydrogen) atoms. The standard InChI is InChI=1S/C9H11NOS/c11-10-7-2-1-3-9(6-7)12-8-4-5-8/h1-3,6,8H,4-5,10H2. The molecule has 1 aliphatic rings. The Kier molecular flexibility index (Phi) is 2.35. The summed E-state index contributed by atoms with van der Waals surface area (Å²) in [6, 6.07) is 7.80. The Morgan fingerprint density at radius 2 is 2.25 bits per heavy atom. The van der Waals surface area contributed by atoms with Crippen molar-refractivity contribution >= 4 is 17.4 Å². The number of nitrogens with two attached hydrogens (primary N) is 1. The Morgan fingerprint density at radius 3 is 2.92 bits per heavy atom. The van der Waals surface area contributed by atoms with Gasteiger partial charge in [0.05, 0.1) is 0 Å². The molecule has 0 aliphatic heterocycles. The molecule has 2 rings (SSSR count). The number of thioether (sulfide) groups is 1. The first-order chi connectivity index (χ1) is 5.88. The summed E-state index contributed by atoms with van der Waals surface area (Å²) in [4.78, 5) is 1.22. The summed E-state index contributed by atoms with van der Waals surface area (Å²) >= 11 is 1.88. The average Bonchev–Trinajstić information content (AvgIpc) is 2.89. The first kappa shape index (κ1) is 8.10. The first-order valence-corrected chi connectivity index (χ1v) is 4.98. The molecule has 0 bridgehead atoms. The lowest BCUT2D eigenvalue weighted by Gasteiger charge is -2.03. The molecular weight excluding hydrogens is 170 g/mol. The van der Waals surface area contributed by atoms with E-state index in [2.05, 4.69) is 6.07 Å². The van der Waals surface area contributed by atoms with E-state index in [1.807, 2.05) is 30.0 Å². The summed E-state index contributed by atoms with van der Waals surface area (Å²) in [5, 5.41) is 11.3. The highest BCUT2D eigenvalue weighted by Gasteiger charge is 2.22. The molecule has 3 heteroatoms. The highest BCUT2D eigenvalue weighted by molar-refractivity contribution is 8.00. The molecule has 0 spiro atoms. The summed E-state index contributed by atoms with van der Waals surface area (Å²) in [5.74, 6) is 0. The van der Waals surface area contributed by atoms with Gasteiger partial charge in [0.15, 0.2) is 0 Å². The molecule has 0 saturated heterocycles. The van der Waals surface area contributed by atoms with Gasteiger partial charge in [0.2, 0.25) is 0 Å². The molecule has 1 saturated carbocycles. The monoisotopic (exact) mass is 181 g/mol. The molecule has 1 aromatic carbocycles. The van der Waals surface area contributed by atoms with E-state index in [4.69, 9.17) is 0 Å². The zero-order chi connectivity index (χ0) is 8.39. The van der Waals surface area contributed by atoms with Crippen molar-refractivity contribution < 1.29 is 5.48 Å². The number of rotatable bonds is 3. The number of hydrogen-bond acceptors (Lipinski definition) is 2. The lowest BCUT2D eigenvalue weighted by Crippen LogP contribution is -2.70. The summed E-state index contributed by atoms with van der Waals surface area (Å²) in [6.45, 7) is 0. The van der Waals surface area contributed by atoms with Crippen molar-refractivity contribution in [2.75, 3.05) is 0 Å². The molecule has 1 fully saturated rings. The first-order valence-electron chi connectivity index (χ1n) is 4.10. The van der Waals surface area contributed by atoms with Crippen molar-refractivity contribution in [2.45, 2.75) is 23.0 Å². The van der Waals surface area contributed by atoms with Gasteiger partial charge in [-0.3, -0.25) is 0 Å². The maximum Gasteiger partial charge on any atom is 0.130 e. The van der Waals surface area contributed by atoms with Crippen LogP contribution in [0.3, 0.4) is 0 Å². The summed E-state index contributed by atoms with van der Waals surface area (Å²) in [6.07, 6.45) is 2.66. The molecule has 0 amide bonds. The summed E-state index contributed by atoms with van der Waals surface area (Å²) in [5.41, 5.74) is 1.68. The van der Waals surface area contributed by atoms with Crippen LogP contribution in [0.15, 0.2) is 29.2 Å². The summed E-state index contributed by atoms with van der Waals surface area (Å²) < 4.78 is 0. The van der Waals surface area contributed by atoms with Crippen molar-refractivity contribution in [3.63, 3.8) is 0 Å². The minimum Gasteiger partial charge on any atom is -0.630 e. The number of hydrogen-bond donors (Lipinski definition) is 1. The second kappa shape index (κ2) is 3.47. The minimum atomic E-state index is 0.778. The Labute approximate surface area is 75.9 Å². The van der Waals surface area contributed by atoms with Crippen LogP contribution in [-0.4, -0.2) is 5.25 Å². The van der Waals surface area contributed by atoms with Crippen LogP contribution in [0.1, 0.15) is 12.8 Å². The Hall–Kier alpha value is -0.510. The van der Waals surface area contributed by atoms with E-state index in [-0.39, 0.29) is 0 Å². The SMILES string of the molecule is [O-][NH2+]c1cccc(SC2CC2)c1. The molecule has 0 aromatic heterocycles. The molecule has 64 valence electrons. The van der Waals surface area contributed by atoms with E-state index >= 15 is 0 Å². The van der Waals surface area contributed by atoms with Crippen molar-refractivity contribution in [1.29, 1.82) is 0 Å². The lowest BCUT2D eigenvalue weighted by molar-refractivity contribution is -0.497. The molecule has 1 aromatic rings. The van der Waals surface area contributed by atoms with E-state index in [1.165, 1.54) is 17.7 Å². The zero-order valence-electron chi connectivity index (χ0n) is 6.69. The van der Waals surface area contributed by atoms with Crippen LogP contribution in [-0.2, 0) is 0 Å². The third kappa shape index (κ3) is 2.00. The maximum atomic E-state index is 10.5. The Balaban J connectivity index is 2.08. The van der Waals surface area contributed by atoms with Gasteiger partial charge >= 0.3 is 0 Å². The van der Waals surface area contributed by atoms with Gasteiger partial charge in [0.1, 0.15) is 5.69 Å². The van der Waals surface area contributed by atoms with Crippen LogP contribution >= 0.6 is 11.8 Å². The third-order valence-electron chi connectivity index (χ3n) is 1.82. The highest BCUT2D eigenvalue weighted by atomic mass is 32.2. The smallest absolute Gasteiger partial charge is 0.130 e. The predicted octanol–water partition coefficient (Wildman–Crippen LogP) is 1.63. The molecule has 0 heterocycles. The van der Waals surface area contributed by atoms with Crippen molar-refractivity contribution in [2.24, 2.45) is 0 Å². The largest absolute Gasteiger partial charge is 0.630 e. The van der Waals surface area contributed by atoms with Gasteiger partial charge in [-0.2, -0.15) is 0 Å². The van der Waals surface area contributed by atoms with Gasteiger partial charge in [0.25, 0.3) is 0 Å². The second-order valence-corrected chi connectivity index (χ2v) is 4.38. The number of quaternary nitrogens is 1. The van der Waals surface area contributed by atoms with Crippen molar-refractivity contribution in [3.8, 4) is 0 Å². The minimum absolute atomic E-state index is 0.778. The third-order valence-corrected chi connectivity index (χ3v) is 3.15. The zero-order valence-corrected chi connectivity index (χ0v) is 7.51. The molecule has 2 nitrogen and oxygen atoms in total. The van der Waals surface area contributed by atoms with Crippen LogP contribution in [0, 0.1) is 5.21 Å². The predicted molar refractivity (Wildman–Crippen MR) is 50.3 cm³/mol. The lowest BCUT2D eigenvalue weighted by atomic mass is 10.3. The fourth-order valence-corrected chi connectivity index (χ4v) is 2.16. The number of benzene rings is 1. The second-order valence-electron chi connectivity index (χ2n) is 3.01. The van der Waals surface area contributed by atoms with Crippen molar-refractivity contribution in [3.05, 3.63) is 29.5 Å². The van der Waals surface area contributed by atoms with Gasteiger partial charge < -0.3 is 10.7 Å².